The number of aromatic nitrogens is 4. The Bertz CT molecular complexity index is 4630. The summed E-state index contributed by atoms with van der Waals surface area (Å²) in [5, 5.41) is 35.0. The maximum Gasteiger partial charge on any atom is 0.408 e. The van der Waals surface area contributed by atoms with Gasteiger partial charge >= 0.3 is 24.1 Å². The lowest BCUT2D eigenvalue weighted by molar-refractivity contribution is -0.148. The largest absolute Gasteiger partial charge is 0.488 e. The molecule has 4 aliphatic heterocycles. The number of carbonyl (C=O) groups is 8. The molecule has 8 aliphatic rings. The van der Waals surface area contributed by atoms with Gasteiger partial charge in [0.05, 0.1) is 53.7 Å². The summed E-state index contributed by atoms with van der Waals surface area (Å²) in [6.45, 7) is 8.21. The van der Waals surface area contributed by atoms with E-state index in [1.54, 1.807) is 12.1 Å². The van der Waals surface area contributed by atoms with E-state index in [9.17, 15) is 43.5 Å². The van der Waals surface area contributed by atoms with Crippen molar-refractivity contribution in [1.29, 1.82) is 0 Å². The number of ether oxygens (including phenoxy) is 5. The van der Waals surface area contributed by atoms with Crippen molar-refractivity contribution >= 4 is 102 Å². The average molecular weight is 1550 g/mol. The van der Waals surface area contributed by atoms with Crippen LogP contribution in [0.5, 0.6) is 11.5 Å². The Hall–Kier alpha value is -10.3. The first-order valence-corrected chi connectivity index (χ1v) is 40.8. The molecule has 7 N–H and O–H groups in total. The van der Waals surface area contributed by atoms with Gasteiger partial charge in [-0.25, -0.2) is 39.1 Å². The van der Waals surface area contributed by atoms with Crippen LogP contribution in [0.25, 0.3) is 44.6 Å². The van der Waals surface area contributed by atoms with Crippen molar-refractivity contribution in [2.45, 2.75) is 241 Å². The minimum atomic E-state index is -1.46. The molecule has 28 heteroatoms. The number of methoxy groups -OCH3 is 1. The molecule has 2 aromatic carbocycles. The second-order valence-corrected chi connectivity index (χ2v) is 32.5. The zero-order valence-corrected chi connectivity index (χ0v) is 65.0. The number of allylic oxidation sites excluding steroid dienone is 2. The first-order valence-electron chi connectivity index (χ1n) is 39.1. The lowest BCUT2D eigenvalue weighted by Gasteiger charge is -2.29. The summed E-state index contributed by atoms with van der Waals surface area (Å²) in [5.41, 5.74) is 1.96. The van der Waals surface area contributed by atoms with Gasteiger partial charge in [-0.3, -0.25) is 19.2 Å². The number of nitrogens with one attached hydrogen (secondary N) is 6. The minimum absolute atomic E-state index is 0.0172. The molecule has 0 radical (unpaired) electrons. The summed E-state index contributed by atoms with van der Waals surface area (Å²) in [5.74, 6) is 2.21. The van der Waals surface area contributed by atoms with Gasteiger partial charge in [0.25, 0.3) is 0 Å². The van der Waals surface area contributed by atoms with Crippen LogP contribution in [0.4, 0.5) is 19.9 Å². The number of carbonyl (C=O) groups excluding carboxylic acids is 7. The van der Waals surface area contributed by atoms with E-state index in [0.717, 1.165) is 100 Å². The highest BCUT2D eigenvalue weighted by Crippen LogP contribution is 2.48. The standard InChI is InChI=1S/C42H50N6O7S.C41H48N6O7S/c1-5-26-14-13-18-30-35(21-32(44-36(26)30)33-24-56-40(45-33)43-25(2)3)54-29-20-34-37(49)47-42(39(51)53-4)22-27(42)15-9-7-6-8-10-19-31(38(50)48(34)23-29)46-41(52)55-28-16-11-12-17-28;1-4-25-13-12-17-29-34(20-31(43-35(25)29)32-23-55-39(44-32)42-24(2)3)53-28-19-33-36(48)46-41(38(50)51)21-26(41)14-8-6-5-7-9-18-30(37(49)47(33)22-28)45-40(52)54-27-15-10-11-16-27/h1,9,13-15,18,21,24-25,27-29,31,34H,6-8,10-12,16-17,19-20,22-23H2,2-4H3,(H,43,45)(H,46,52)(H,47,49);1,8,12-14,17,20,23-24,26-28,30,33H,5-7,9-11,15-16,18-19,21-22H2,2-3H3,(H,42,44)(H,45,52)(H,46,48)(H,50,51)/b15-9-;14-8-/t27?,29-,31+,34+,42-;26?,28-,30+,33+,41-/m11/s1. The maximum absolute atomic E-state index is 14.6. The molecular formula is C83H98N12O14S2. The van der Waals surface area contributed by atoms with Crippen LogP contribution in [0.3, 0.4) is 0 Å². The number of para-hydroxylation sites is 2. The Labute approximate surface area is 654 Å². The second kappa shape index (κ2) is 34.9. The molecule has 6 aromatic rings. The number of alkyl carbamates (subject to hydrolysis) is 2. The predicted molar refractivity (Wildman–Crippen MR) is 422 cm³/mol. The fourth-order valence-electron chi connectivity index (χ4n) is 16.0. The molecule has 6 fully saturated rings. The molecule has 8 heterocycles. The molecule has 0 spiro atoms. The van der Waals surface area contributed by atoms with Crippen LogP contribution in [0.1, 0.15) is 180 Å². The fourth-order valence-corrected chi connectivity index (χ4v) is 17.7. The number of fused-ring (bicyclic) bond motifs is 6. The van der Waals surface area contributed by atoms with E-state index in [1.165, 1.54) is 39.6 Å². The molecule has 586 valence electrons. The Morgan fingerprint density at radius 3 is 1.41 bits per heavy atom. The number of thiazole rings is 2. The van der Waals surface area contributed by atoms with Crippen molar-refractivity contribution in [3.05, 3.63) is 94.7 Å². The molecule has 14 rings (SSSR count). The number of rotatable bonds is 16. The summed E-state index contributed by atoms with van der Waals surface area (Å²) >= 11 is 2.92. The quantitative estimate of drug-likeness (QED) is 0.0205. The number of benzene rings is 2. The summed E-state index contributed by atoms with van der Waals surface area (Å²) in [4.78, 5) is 132. The van der Waals surface area contributed by atoms with E-state index in [0.29, 0.717) is 99.3 Å². The smallest absolute Gasteiger partial charge is 0.408 e. The van der Waals surface area contributed by atoms with Crippen LogP contribution in [0.2, 0.25) is 0 Å². The molecule has 10 atom stereocenters. The van der Waals surface area contributed by atoms with Gasteiger partial charge in [-0.05, 0) is 155 Å². The zero-order chi connectivity index (χ0) is 78.1. The van der Waals surface area contributed by atoms with Crippen molar-refractivity contribution in [3.63, 3.8) is 0 Å². The van der Waals surface area contributed by atoms with E-state index in [2.05, 4.69) is 43.7 Å². The van der Waals surface area contributed by atoms with Gasteiger partial charge in [0.1, 0.15) is 82.5 Å². The molecular weight excluding hydrogens is 1450 g/mol. The van der Waals surface area contributed by atoms with Gasteiger partial charge in [0.2, 0.25) is 23.6 Å². The van der Waals surface area contributed by atoms with Gasteiger partial charge in [-0.15, -0.1) is 35.5 Å². The van der Waals surface area contributed by atoms with Crippen LogP contribution >= 0.6 is 22.7 Å². The number of nitrogens with zero attached hydrogens (tertiary/aromatic N) is 6. The van der Waals surface area contributed by atoms with Crippen LogP contribution in [0, 0.1) is 36.5 Å². The Morgan fingerprint density at radius 2 is 0.991 bits per heavy atom. The lowest BCUT2D eigenvalue weighted by atomic mass is 10.0. The number of terminal acetylenes is 2. The highest BCUT2D eigenvalue weighted by molar-refractivity contribution is 7.14. The minimum Gasteiger partial charge on any atom is -0.488 e. The van der Waals surface area contributed by atoms with E-state index in [-0.39, 0.29) is 68.5 Å². The number of pyridine rings is 2. The fraction of sp³-hybridized carbons (Fsp3) is 0.518. The highest BCUT2D eigenvalue weighted by atomic mass is 32.1. The molecule has 4 saturated carbocycles. The van der Waals surface area contributed by atoms with Gasteiger partial charge < -0.3 is 70.5 Å². The maximum atomic E-state index is 14.6. The summed E-state index contributed by atoms with van der Waals surface area (Å²) in [7, 11) is 1.31. The van der Waals surface area contributed by atoms with Crippen molar-refractivity contribution < 1.29 is 67.1 Å². The molecule has 6 amide bonds. The molecule has 2 unspecified atom stereocenters. The van der Waals surface area contributed by atoms with Crippen LogP contribution in [-0.4, -0.2) is 175 Å². The molecule has 4 aliphatic carbocycles. The number of aliphatic carboxylic acids is 1. The molecule has 4 aromatic heterocycles. The van der Waals surface area contributed by atoms with Crippen molar-refractivity contribution in [2.24, 2.45) is 11.8 Å². The summed E-state index contributed by atoms with van der Waals surface area (Å²) in [6, 6.07) is 11.0. The Balaban J connectivity index is 0.000000195. The molecule has 111 heavy (non-hydrogen) atoms. The van der Waals surface area contributed by atoms with Gasteiger partial charge in [0, 0.05) is 70.4 Å². The number of anilines is 2. The first-order chi connectivity index (χ1) is 53.6. The third-order valence-corrected chi connectivity index (χ3v) is 23.6. The molecule has 0 bridgehead atoms. The number of carboxylic acids is 1. The van der Waals surface area contributed by atoms with E-state index < -0.39 is 95.2 Å². The number of hydrogen-bond donors (Lipinski definition) is 7. The van der Waals surface area contributed by atoms with Crippen molar-refractivity contribution in [3.8, 4) is 59.0 Å². The van der Waals surface area contributed by atoms with E-state index in [1.807, 2.05) is 99.2 Å². The van der Waals surface area contributed by atoms with Gasteiger partial charge in [0.15, 0.2) is 10.3 Å². The third-order valence-electron chi connectivity index (χ3n) is 22.0. The van der Waals surface area contributed by atoms with Crippen LogP contribution in [-0.2, 0) is 43.0 Å². The summed E-state index contributed by atoms with van der Waals surface area (Å²) < 4.78 is 30.0. The monoisotopic (exact) mass is 1550 g/mol. The van der Waals surface area contributed by atoms with E-state index in [4.69, 9.17) is 56.5 Å². The second-order valence-electron chi connectivity index (χ2n) is 30.8. The lowest BCUT2D eigenvalue weighted by Crippen LogP contribution is -2.56. The first kappa shape index (κ1) is 78.8. The van der Waals surface area contributed by atoms with Gasteiger partial charge in [-0.1, -0.05) is 74.0 Å². The molecule has 26 nitrogen and oxygen atoms in total. The van der Waals surface area contributed by atoms with Gasteiger partial charge in [-0.2, -0.15) is 0 Å². The number of hydrogen-bond acceptors (Lipinski definition) is 21. The SMILES string of the molecule is C#Cc1cccc2c(O[C@@H]3C[C@H]4C(=O)N[C@]5(C(=O)O)CC5/C=C\CCCCC[C@H](NC(=O)OC5CCCC5)C(=O)N4C3)cc(-c3csc(NC(C)C)n3)nc12.C#Cc1cccc2c(O[C@@H]3C[C@H]4C(=O)N[C@]5(C(=O)OC)CC5/C=C\CCCCC[C@H](NC(=O)OC5CCCC5)C(=O)N4C3)cc(-c3csc(NC(C)C)n3)nc12. The number of carboxylic acid groups (broad SMARTS) is 1. The number of esters is 1. The predicted octanol–water partition coefficient (Wildman–Crippen LogP) is 12.1. The normalized spacial score (nSPS) is 26.4. The average Bonchev–Trinajstić information content (AvgIpc) is 1.53. The Kier molecular flexibility index (Phi) is 24.8. The highest BCUT2D eigenvalue weighted by Gasteiger charge is 2.63. The molecule has 2 saturated heterocycles. The summed E-state index contributed by atoms with van der Waals surface area (Å²) in [6.07, 6.45) is 31.6. The van der Waals surface area contributed by atoms with E-state index >= 15 is 0 Å². The number of amides is 6. The van der Waals surface area contributed by atoms with Crippen LogP contribution in [0.15, 0.2) is 83.6 Å². The zero-order valence-electron chi connectivity index (χ0n) is 63.4. The van der Waals surface area contributed by atoms with Crippen LogP contribution < -0.4 is 41.4 Å². The Morgan fingerprint density at radius 1 is 0.568 bits per heavy atom. The third kappa shape index (κ3) is 18.3. The topological polar surface area (TPSA) is 333 Å². The van der Waals surface area contributed by atoms with Crippen molar-refractivity contribution in [1.82, 2.24) is 51.0 Å². The van der Waals surface area contributed by atoms with Crippen molar-refractivity contribution in [2.75, 3.05) is 30.8 Å².